The van der Waals surface area contributed by atoms with Gasteiger partial charge in [0.25, 0.3) is 0 Å². The van der Waals surface area contributed by atoms with Crippen molar-refractivity contribution in [2.24, 2.45) is 0 Å². The van der Waals surface area contributed by atoms with E-state index in [0.29, 0.717) is 34.9 Å². The fourth-order valence-corrected chi connectivity index (χ4v) is 9.88. The van der Waals surface area contributed by atoms with Crippen LogP contribution in [0, 0.1) is 0 Å². The molecule has 70 heavy (non-hydrogen) atoms. The average molecular weight is 893 g/mol. The van der Waals surface area contributed by atoms with Gasteiger partial charge in [0.2, 0.25) is 0 Å². The predicted octanol–water partition coefficient (Wildman–Crippen LogP) is 15.9. The van der Waals surface area contributed by atoms with E-state index in [1.165, 1.54) is 33.0 Å². The number of hydrogen-bond donors (Lipinski definition) is 0. The third-order valence-electron chi connectivity index (χ3n) is 13.1. The summed E-state index contributed by atoms with van der Waals surface area (Å²) in [4.78, 5) is 31.3. The van der Waals surface area contributed by atoms with Crippen LogP contribution < -0.4 is 0 Å². The van der Waals surface area contributed by atoms with Gasteiger partial charge in [-0.2, -0.15) is 0 Å². The lowest BCUT2D eigenvalue weighted by atomic mass is 9.82. The highest BCUT2D eigenvalue weighted by Crippen LogP contribution is 2.57. The molecule has 326 valence electrons. The van der Waals surface area contributed by atoms with E-state index in [2.05, 4.69) is 121 Å². The van der Waals surface area contributed by atoms with Crippen LogP contribution in [0.4, 0.5) is 0 Å². The summed E-state index contributed by atoms with van der Waals surface area (Å²) >= 11 is 0. The van der Waals surface area contributed by atoms with E-state index in [1.54, 1.807) is 0 Å². The van der Waals surface area contributed by atoms with Crippen LogP contribution in [-0.2, 0) is 0 Å². The maximum Gasteiger partial charge on any atom is 0.164 e. The molecule has 0 unspecified atom stereocenters. The molecule has 0 N–H and O–H groups in total. The number of nitrogens with zero attached hydrogens (tertiary/aromatic N) is 6. The standard InChI is InChI=1S/C64H40N6/c1-7-21-41(22-8-1)53-40-54(56(43-23-9-2-10-24-43)58-52-36-20-34-42-33-19-35-51(55(42)52)57(53)58)48-37-49(63-67-59(44-25-11-3-12-26-44)65-60(68-63)45-27-13-4-14-28-45)39-50(38-48)64-69-61(46-29-15-5-16-30-46)66-62(70-64)47-31-17-6-18-32-47/h1-40H. The van der Waals surface area contributed by atoms with Gasteiger partial charge in [0.1, 0.15) is 0 Å². The Labute approximate surface area is 405 Å². The predicted molar refractivity (Wildman–Crippen MR) is 284 cm³/mol. The molecule has 6 nitrogen and oxygen atoms in total. The molecule has 2 heterocycles. The van der Waals surface area contributed by atoms with Crippen molar-refractivity contribution < 1.29 is 0 Å². The molecule has 6 heteroatoms. The minimum absolute atomic E-state index is 0.527. The number of fused-ring (bicyclic) bond motifs is 3. The van der Waals surface area contributed by atoms with E-state index < -0.39 is 0 Å². The third-order valence-corrected chi connectivity index (χ3v) is 13.1. The van der Waals surface area contributed by atoms with Crippen LogP contribution in [0.3, 0.4) is 0 Å². The lowest BCUT2D eigenvalue weighted by molar-refractivity contribution is 1.07. The minimum Gasteiger partial charge on any atom is -0.208 e. The Morgan fingerprint density at radius 1 is 0.186 bits per heavy atom. The van der Waals surface area contributed by atoms with E-state index in [9.17, 15) is 0 Å². The van der Waals surface area contributed by atoms with Gasteiger partial charge in [-0.05, 0) is 90.7 Å². The molecule has 0 aliphatic heterocycles. The summed E-state index contributed by atoms with van der Waals surface area (Å²) in [6, 6.07) is 84.3. The molecule has 0 atom stereocenters. The van der Waals surface area contributed by atoms with E-state index in [1.807, 2.05) is 121 Å². The van der Waals surface area contributed by atoms with Gasteiger partial charge in [-0.3, -0.25) is 0 Å². The molecule has 1 aliphatic rings. The lowest BCUT2D eigenvalue weighted by Gasteiger charge is -2.21. The summed E-state index contributed by atoms with van der Waals surface area (Å²) < 4.78 is 0. The lowest BCUT2D eigenvalue weighted by Crippen LogP contribution is -2.02. The summed E-state index contributed by atoms with van der Waals surface area (Å²) in [5, 5.41) is 2.48. The van der Waals surface area contributed by atoms with Gasteiger partial charge in [0, 0.05) is 33.4 Å². The highest BCUT2D eigenvalue weighted by Gasteiger charge is 2.31. The van der Waals surface area contributed by atoms with Crippen molar-refractivity contribution in [3.63, 3.8) is 0 Å². The zero-order chi connectivity index (χ0) is 46.4. The zero-order valence-corrected chi connectivity index (χ0v) is 37.8. The van der Waals surface area contributed by atoms with Gasteiger partial charge in [0.15, 0.2) is 34.9 Å². The second-order valence-electron chi connectivity index (χ2n) is 17.4. The molecule has 12 aromatic rings. The monoisotopic (exact) mass is 892 g/mol. The Morgan fingerprint density at radius 3 is 0.900 bits per heavy atom. The molecule has 0 radical (unpaired) electrons. The van der Waals surface area contributed by atoms with Gasteiger partial charge in [0.05, 0.1) is 0 Å². The van der Waals surface area contributed by atoms with Crippen LogP contribution in [0.2, 0.25) is 0 Å². The first-order chi connectivity index (χ1) is 34.7. The molecule has 0 saturated carbocycles. The van der Waals surface area contributed by atoms with Crippen molar-refractivity contribution in [3.8, 4) is 124 Å². The van der Waals surface area contributed by atoms with Gasteiger partial charge in [-0.1, -0.05) is 218 Å². The molecule has 2 aromatic heterocycles. The summed E-state index contributed by atoms with van der Waals surface area (Å²) in [7, 11) is 0. The summed E-state index contributed by atoms with van der Waals surface area (Å²) in [6.45, 7) is 0. The van der Waals surface area contributed by atoms with Crippen LogP contribution in [0.5, 0.6) is 0 Å². The molecule has 1 aliphatic carbocycles. The molecule has 10 aromatic carbocycles. The smallest absolute Gasteiger partial charge is 0.164 e. The third kappa shape index (κ3) is 7.32. The molecule has 0 fully saturated rings. The number of aromatic nitrogens is 6. The van der Waals surface area contributed by atoms with Crippen LogP contribution in [0.25, 0.3) is 135 Å². The first-order valence-electron chi connectivity index (χ1n) is 23.4. The van der Waals surface area contributed by atoms with Crippen LogP contribution in [0.1, 0.15) is 0 Å². The maximum atomic E-state index is 5.28. The fraction of sp³-hybridized carbons (Fsp3) is 0. The molecular formula is C64H40N6. The normalized spacial score (nSPS) is 11.4. The number of rotatable bonds is 9. The summed E-state index contributed by atoms with van der Waals surface area (Å²) in [5.74, 6) is 3.37. The minimum atomic E-state index is 0.527. The second-order valence-corrected chi connectivity index (χ2v) is 17.4. The highest BCUT2D eigenvalue weighted by atomic mass is 15.0. The quantitative estimate of drug-likeness (QED) is 0.144. The van der Waals surface area contributed by atoms with Crippen molar-refractivity contribution in [2.45, 2.75) is 0 Å². The van der Waals surface area contributed by atoms with Gasteiger partial charge in [-0.15, -0.1) is 0 Å². The second kappa shape index (κ2) is 17.3. The number of benzene rings is 10. The van der Waals surface area contributed by atoms with Gasteiger partial charge < -0.3 is 0 Å². The average Bonchev–Trinajstić information content (AvgIpc) is 3.79. The summed E-state index contributed by atoms with van der Waals surface area (Å²) in [6.07, 6.45) is 0. The Bertz CT molecular complexity index is 3640. The zero-order valence-electron chi connectivity index (χ0n) is 37.8. The molecule has 0 amide bonds. The van der Waals surface area contributed by atoms with Crippen molar-refractivity contribution >= 4 is 10.8 Å². The molecule has 0 bridgehead atoms. The SMILES string of the molecule is c1ccc(-c2nc(-c3ccccc3)nc(-c3cc(-c4nc(-c5ccccc5)nc(-c5ccccc5)n4)cc(-c4cc(-c5ccccc5)c5c(c4-c4ccccc4)-c4cccc6cccc-5c46)c3)n2)cc1. The largest absolute Gasteiger partial charge is 0.208 e. The Hall–Kier alpha value is -9.52. The van der Waals surface area contributed by atoms with Crippen molar-refractivity contribution in [2.75, 3.05) is 0 Å². The maximum absolute atomic E-state index is 5.28. The van der Waals surface area contributed by atoms with Crippen LogP contribution in [-0.4, -0.2) is 29.9 Å². The fourth-order valence-electron chi connectivity index (χ4n) is 9.88. The van der Waals surface area contributed by atoms with Crippen LogP contribution >= 0.6 is 0 Å². The van der Waals surface area contributed by atoms with Crippen molar-refractivity contribution in [1.82, 2.24) is 29.9 Å². The van der Waals surface area contributed by atoms with E-state index in [-0.39, 0.29) is 0 Å². The first-order valence-corrected chi connectivity index (χ1v) is 23.4. The van der Waals surface area contributed by atoms with E-state index in [0.717, 1.165) is 66.8 Å². The van der Waals surface area contributed by atoms with Crippen LogP contribution in [0.15, 0.2) is 243 Å². The van der Waals surface area contributed by atoms with Gasteiger partial charge in [-0.25, -0.2) is 29.9 Å². The topological polar surface area (TPSA) is 77.3 Å². The molecule has 0 saturated heterocycles. The van der Waals surface area contributed by atoms with Crippen molar-refractivity contribution in [1.29, 1.82) is 0 Å². The first kappa shape index (κ1) is 40.7. The summed E-state index contributed by atoms with van der Waals surface area (Å²) in [5.41, 5.74) is 16.6. The molecule has 0 spiro atoms. The molecular weight excluding hydrogens is 853 g/mol. The Kier molecular flexibility index (Phi) is 10.1. The van der Waals surface area contributed by atoms with Gasteiger partial charge >= 0.3 is 0 Å². The molecule has 13 rings (SSSR count). The highest BCUT2D eigenvalue weighted by molar-refractivity contribution is 6.22. The Balaban J connectivity index is 1.15. The van der Waals surface area contributed by atoms with E-state index >= 15 is 0 Å². The Morgan fingerprint density at radius 2 is 0.500 bits per heavy atom. The van der Waals surface area contributed by atoms with E-state index in [4.69, 9.17) is 29.9 Å². The number of hydrogen-bond acceptors (Lipinski definition) is 6. The van der Waals surface area contributed by atoms with Crippen molar-refractivity contribution in [3.05, 3.63) is 243 Å².